The Morgan fingerprint density at radius 2 is 2.07 bits per heavy atom. The number of sulfone groups is 1. The SMILES string of the molecule is CS(=O)(=O)c1ccc2c(c1)C1(CC1)CN2. The molecule has 4 heteroatoms. The lowest BCUT2D eigenvalue weighted by molar-refractivity contribution is 0.601. The molecular formula is C11H13NO2S. The van der Waals surface area contributed by atoms with Gasteiger partial charge in [0, 0.05) is 23.9 Å². The molecule has 0 saturated heterocycles. The van der Waals surface area contributed by atoms with Crippen molar-refractivity contribution >= 4 is 15.5 Å². The first-order valence-corrected chi connectivity index (χ1v) is 6.99. The first-order valence-electron chi connectivity index (χ1n) is 5.10. The average Bonchev–Trinajstić information content (AvgIpc) is 2.84. The highest BCUT2D eigenvalue weighted by molar-refractivity contribution is 7.90. The Morgan fingerprint density at radius 1 is 1.33 bits per heavy atom. The number of hydrogen-bond donors (Lipinski definition) is 1. The number of nitrogens with one attached hydrogen (secondary N) is 1. The van der Waals surface area contributed by atoms with Crippen LogP contribution in [-0.2, 0) is 15.3 Å². The Bertz CT molecular complexity index is 530. The predicted molar refractivity (Wildman–Crippen MR) is 59.0 cm³/mol. The van der Waals surface area contributed by atoms with Gasteiger partial charge in [0.2, 0.25) is 0 Å². The molecule has 0 amide bonds. The van der Waals surface area contributed by atoms with E-state index in [4.69, 9.17) is 0 Å². The van der Waals surface area contributed by atoms with Crippen LogP contribution >= 0.6 is 0 Å². The smallest absolute Gasteiger partial charge is 0.175 e. The van der Waals surface area contributed by atoms with Crippen molar-refractivity contribution in [3.8, 4) is 0 Å². The Balaban J connectivity index is 2.18. The van der Waals surface area contributed by atoms with E-state index in [9.17, 15) is 8.42 Å². The van der Waals surface area contributed by atoms with Gasteiger partial charge in [0.1, 0.15) is 0 Å². The lowest BCUT2D eigenvalue weighted by atomic mass is 9.99. The number of anilines is 1. The van der Waals surface area contributed by atoms with Crippen molar-refractivity contribution in [1.82, 2.24) is 0 Å². The van der Waals surface area contributed by atoms with Gasteiger partial charge < -0.3 is 5.32 Å². The molecule has 0 atom stereocenters. The van der Waals surface area contributed by atoms with E-state index in [2.05, 4.69) is 5.32 Å². The molecular weight excluding hydrogens is 210 g/mol. The van der Waals surface area contributed by atoms with E-state index >= 15 is 0 Å². The van der Waals surface area contributed by atoms with Crippen LogP contribution in [0.3, 0.4) is 0 Å². The van der Waals surface area contributed by atoms with Gasteiger partial charge in [0.05, 0.1) is 4.90 Å². The summed E-state index contributed by atoms with van der Waals surface area (Å²) >= 11 is 0. The molecule has 1 aromatic rings. The second kappa shape index (κ2) is 2.55. The van der Waals surface area contributed by atoms with Crippen molar-refractivity contribution in [3.63, 3.8) is 0 Å². The van der Waals surface area contributed by atoms with Crippen LogP contribution in [0.2, 0.25) is 0 Å². The molecule has 1 heterocycles. The normalized spacial score (nSPS) is 21.1. The summed E-state index contributed by atoms with van der Waals surface area (Å²) in [6.45, 7) is 0.968. The second-order valence-electron chi connectivity index (χ2n) is 4.61. The fourth-order valence-corrected chi connectivity index (χ4v) is 2.95. The largest absolute Gasteiger partial charge is 0.384 e. The van der Waals surface area contributed by atoms with Crippen LogP contribution in [0.4, 0.5) is 5.69 Å². The van der Waals surface area contributed by atoms with Crippen LogP contribution in [0.25, 0.3) is 0 Å². The average molecular weight is 223 g/mol. The van der Waals surface area contributed by atoms with Crippen LogP contribution in [-0.4, -0.2) is 21.2 Å². The Kier molecular flexibility index (Phi) is 1.57. The van der Waals surface area contributed by atoms with Crippen molar-refractivity contribution in [2.45, 2.75) is 23.2 Å². The molecule has 3 rings (SSSR count). The third-order valence-electron chi connectivity index (χ3n) is 3.46. The molecule has 1 aromatic carbocycles. The second-order valence-corrected chi connectivity index (χ2v) is 6.63. The molecule has 0 bridgehead atoms. The van der Waals surface area contributed by atoms with Gasteiger partial charge in [-0.1, -0.05) is 0 Å². The van der Waals surface area contributed by atoms with Crippen molar-refractivity contribution in [2.24, 2.45) is 0 Å². The lowest BCUT2D eigenvalue weighted by Crippen LogP contribution is -2.08. The maximum absolute atomic E-state index is 11.4. The van der Waals surface area contributed by atoms with E-state index in [1.165, 1.54) is 24.7 Å². The summed E-state index contributed by atoms with van der Waals surface area (Å²) < 4.78 is 22.9. The summed E-state index contributed by atoms with van der Waals surface area (Å²) in [6, 6.07) is 5.42. The van der Waals surface area contributed by atoms with Crippen molar-refractivity contribution in [1.29, 1.82) is 0 Å². The summed E-state index contributed by atoms with van der Waals surface area (Å²) in [7, 11) is -3.07. The Morgan fingerprint density at radius 3 is 2.67 bits per heavy atom. The summed E-state index contributed by atoms with van der Waals surface area (Å²) in [6.07, 6.45) is 3.62. The van der Waals surface area contributed by atoms with Crippen LogP contribution in [0.5, 0.6) is 0 Å². The Hall–Kier alpha value is -1.03. The highest BCUT2D eigenvalue weighted by atomic mass is 32.2. The summed E-state index contributed by atoms with van der Waals surface area (Å²) in [5.74, 6) is 0. The topological polar surface area (TPSA) is 46.2 Å². The van der Waals surface area contributed by atoms with E-state index in [1.807, 2.05) is 12.1 Å². The minimum absolute atomic E-state index is 0.260. The van der Waals surface area contributed by atoms with E-state index in [0.717, 1.165) is 12.2 Å². The van der Waals surface area contributed by atoms with Gasteiger partial charge in [-0.2, -0.15) is 0 Å². The quantitative estimate of drug-likeness (QED) is 0.785. The van der Waals surface area contributed by atoms with Gasteiger partial charge in [-0.3, -0.25) is 0 Å². The lowest BCUT2D eigenvalue weighted by Gasteiger charge is -2.07. The molecule has 3 nitrogen and oxygen atoms in total. The minimum atomic E-state index is -3.07. The third kappa shape index (κ3) is 1.28. The molecule has 15 heavy (non-hydrogen) atoms. The number of benzene rings is 1. The molecule has 80 valence electrons. The zero-order valence-electron chi connectivity index (χ0n) is 8.58. The molecule has 2 aliphatic rings. The van der Waals surface area contributed by atoms with Gasteiger partial charge in [-0.25, -0.2) is 8.42 Å². The molecule has 1 spiro atoms. The van der Waals surface area contributed by atoms with E-state index in [0.29, 0.717) is 4.90 Å². The molecule has 0 unspecified atom stereocenters. The number of rotatable bonds is 1. The van der Waals surface area contributed by atoms with E-state index < -0.39 is 9.84 Å². The maximum atomic E-state index is 11.4. The first-order chi connectivity index (χ1) is 7.01. The maximum Gasteiger partial charge on any atom is 0.175 e. The van der Waals surface area contributed by atoms with Crippen LogP contribution in [0.15, 0.2) is 23.1 Å². The molecule has 1 fully saturated rings. The highest BCUT2D eigenvalue weighted by Crippen LogP contribution is 2.54. The van der Waals surface area contributed by atoms with Gasteiger partial charge in [0.25, 0.3) is 0 Å². The molecule has 1 saturated carbocycles. The third-order valence-corrected chi connectivity index (χ3v) is 4.57. The van der Waals surface area contributed by atoms with Crippen molar-refractivity contribution in [3.05, 3.63) is 23.8 Å². The molecule has 1 aliphatic carbocycles. The van der Waals surface area contributed by atoms with Gasteiger partial charge in [0.15, 0.2) is 9.84 Å². The van der Waals surface area contributed by atoms with Crippen molar-refractivity contribution in [2.75, 3.05) is 18.1 Å². The summed E-state index contributed by atoms with van der Waals surface area (Å²) in [5, 5.41) is 3.34. The van der Waals surface area contributed by atoms with Crippen LogP contribution in [0, 0.1) is 0 Å². The highest BCUT2D eigenvalue weighted by Gasteiger charge is 2.49. The van der Waals surface area contributed by atoms with Crippen molar-refractivity contribution < 1.29 is 8.42 Å². The fourth-order valence-electron chi connectivity index (χ4n) is 2.30. The number of hydrogen-bond acceptors (Lipinski definition) is 3. The van der Waals surface area contributed by atoms with Gasteiger partial charge in [-0.05, 0) is 36.6 Å². The summed E-state index contributed by atoms with van der Waals surface area (Å²) in [4.78, 5) is 0.441. The monoisotopic (exact) mass is 223 g/mol. The van der Waals surface area contributed by atoms with Gasteiger partial charge >= 0.3 is 0 Å². The minimum Gasteiger partial charge on any atom is -0.384 e. The molecule has 0 aromatic heterocycles. The predicted octanol–water partition coefficient (Wildman–Crippen LogP) is 1.55. The Labute approximate surface area is 89.4 Å². The molecule has 1 N–H and O–H groups in total. The molecule has 1 aliphatic heterocycles. The molecule has 0 radical (unpaired) electrons. The van der Waals surface area contributed by atoms with E-state index in [-0.39, 0.29) is 5.41 Å². The van der Waals surface area contributed by atoms with Crippen LogP contribution < -0.4 is 5.32 Å². The standard InChI is InChI=1S/C11H13NO2S/c1-15(13,14)8-2-3-10-9(6-8)11(4-5-11)7-12-10/h2-3,6,12H,4-5,7H2,1H3. The first kappa shape index (κ1) is 9.21. The zero-order valence-corrected chi connectivity index (χ0v) is 9.39. The zero-order chi connectivity index (χ0) is 10.7. The van der Waals surface area contributed by atoms with Crippen LogP contribution in [0.1, 0.15) is 18.4 Å². The summed E-state index contributed by atoms with van der Waals surface area (Å²) in [5.41, 5.74) is 2.57. The van der Waals surface area contributed by atoms with Gasteiger partial charge in [-0.15, -0.1) is 0 Å². The van der Waals surface area contributed by atoms with E-state index in [1.54, 1.807) is 6.07 Å². The number of fused-ring (bicyclic) bond motifs is 2. The fraction of sp³-hybridized carbons (Fsp3) is 0.455.